The van der Waals surface area contributed by atoms with Crippen molar-refractivity contribution in [2.75, 3.05) is 30.5 Å². The number of nitrogens with one attached hydrogen (secondary N) is 2. The normalized spacial score (nSPS) is 10.7. The highest BCUT2D eigenvalue weighted by molar-refractivity contribution is 5.74. The molecule has 11 nitrogen and oxygen atoms in total. The second-order valence-corrected chi connectivity index (χ2v) is 4.92. The van der Waals surface area contributed by atoms with Gasteiger partial charge in [-0.2, -0.15) is 25.0 Å². The number of hydrogen-bond donors (Lipinski definition) is 3. The molecular weight excluding hydrogens is 334 g/mol. The van der Waals surface area contributed by atoms with Crippen molar-refractivity contribution < 1.29 is 0 Å². The minimum atomic E-state index is 0.0916. The van der Waals surface area contributed by atoms with Crippen molar-refractivity contribution in [3.8, 4) is 11.9 Å². The van der Waals surface area contributed by atoms with Gasteiger partial charge in [0.15, 0.2) is 29.0 Å². The molecule has 4 N–H and O–H groups in total. The Morgan fingerprint density at radius 3 is 2.46 bits per heavy atom. The molecule has 0 saturated heterocycles. The lowest BCUT2D eigenvalue weighted by Crippen LogP contribution is -2.04. The Morgan fingerprint density at radius 1 is 1.15 bits per heavy atom. The van der Waals surface area contributed by atoms with Gasteiger partial charge in [-0.15, -0.1) is 10.2 Å². The van der Waals surface area contributed by atoms with Crippen LogP contribution in [0.4, 0.5) is 29.1 Å². The van der Waals surface area contributed by atoms with Crippen molar-refractivity contribution in [2.45, 2.75) is 0 Å². The first-order chi connectivity index (χ1) is 12.7. The van der Waals surface area contributed by atoms with Crippen LogP contribution in [-0.4, -0.2) is 38.8 Å². The summed E-state index contributed by atoms with van der Waals surface area (Å²) in [6.45, 7) is 0. The fourth-order valence-electron chi connectivity index (χ4n) is 2.18. The van der Waals surface area contributed by atoms with E-state index in [4.69, 9.17) is 5.73 Å². The summed E-state index contributed by atoms with van der Waals surface area (Å²) in [6, 6.07) is 7.38. The number of nitrogen functional groups attached to an aromatic ring is 1. The summed E-state index contributed by atoms with van der Waals surface area (Å²) in [5.41, 5.74) is 6.28. The molecule has 0 aliphatic heterocycles. The zero-order valence-corrected chi connectivity index (χ0v) is 14.0. The van der Waals surface area contributed by atoms with E-state index in [1.807, 2.05) is 12.1 Å². The predicted octanol–water partition coefficient (Wildman–Crippen LogP) is 2.01. The molecule has 0 amide bonds. The molecule has 3 aromatic rings. The Bertz CT molecular complexity index is 960. The molecule has 0 aliphatic carbocycles. The number of anilines is 3. The molecule has 26 heavy (non-hydrogen) atoms. The maximum absolute atomic E-state index is 9.32. The third-order valence-corrected chi connectivity index (χ3v) is 3.35. The topological polar surface area (TPSA) is 155 Å². The molecule has 3 aromatic heterocycles. The van der Waals surface area contributed by atoms with Crippen molar-refractivity contribution in [2.24, 2.45) is 10.2 Å². The summed E-state index contributed by atoms with van der Waals surface area (Å²) in [5, 5.41) is 27.7. The Kier molecular flexibility index (Phi) is 4.66. The van der Waals surface area contributed by atoms with Crippen LogP contribution in [0.2, 0.25) is 0 Å². The van der Waals surface area contributed by atoms with Gasteiger partial charge in [0.05, 0.1) is 6.20 Å². The van der Waals surface area contributed by atoms with E-state index in [-0.39, 0.29) is 17.3 Å². The summed E-state index contributed by atoms with van der Waals surface area (Å²) < 4.78 is 1.43. The third-order valence-electron chi connectivity index (χ3n) is 3.35. The van der Waals surface area contributed by atoms with Gasteiger partial charge in [0.2, 0.25) is 5.95 Å². The minimum absolute atomic E-state index is 0.0916. The summed E-state index contributed by atoms with van der Waals surface area (Å²) in [6.07, 6.45) is 3.02. The molecular formula is C15H15N11. The lowest BCUT2D eigenvalue weighted by Gasteiger charge is -2.09. The molecule has 0 aliphatic rings. The Hall–Kier alpha value is -4.07. The number of nitrogens with two attached hydrogens (primary N) is 1. The molecule has 130 valence electrons. The van der Waals surface area contributed by atoms with Gasteiger partial charge in [-0.05, 0) is 12.1 Å². The maximum atomic E-state index is 9.32. The highest BCUT2D eigenvalue weighted by atomic mass is 15.4. The van der Waals surface area contributed by atoms with Crippen molar-refractivity contribution in [1.29, 1.82) is 5.26 Å². The summed E-state index contributed by atoms with van der Waals surface area (Å²) in [7, 11) is 3.36. The van der Waals surface area contributed by atoms with Crippen LogP contribution in [0.25, 0.3) is 5.82 Å². The number of hydrogen-bond acceptors (Lipinski definition) is 10. The average Bonchev–Trinajstić information content (AvgIpc) is 3.09. The molecule has 11 heteroatoms. The van der Waals surface area contributed by atoms with Gasteiger partial charge in [-0.25, -0.2) is 4.98 Å². The number of azo groups is 1. The lowest BCUT2D eigenvalue weighted by atomic mass is 10.3. The molecule has 3 heterocycles. The first kappa shape index (κ1) is 16.8. The van der Waals surface area contributed by atoms with Gasteiger partial charge >= 0.3 is 0 Å². The summed E-state index contributed by atoms with van der Waals surface area (Å²) >= 11 is 0. The van der Waals surface area contributed by atoms with E-state index < -0.39 is 0 Å². The van der Waals surface area contributed by atoms with Crippen molar-refractivity contribution in [1.82, 2.24) is 24.7 Å². The predicted molar refractivity (Wildman–Crippen MR) is 95.8 cm³/mol. The van der Waals surface area contributed by atoms with Gasteiger partial charge in [-0.3, -0.25) is 0 Å². The number of aromatic nitrogens is 5. The molecule has 0 atom stereocenters. The van der Waals surface area contributed by atoms with Crippen LogP contribution in [0.15, 0.2) is 40.8 Å². The van der Waals surface area contributed by atoms with Gasteiger partial charge in [-0.1, -0.05) is 6.07 Å². The Labute approximate surface area is 148 Å². The monoisotopic (exact) mass is 349 g/mol. The highest BCUT2D eigenvalue weighted by Gasteiger charge is 2.15. The van der Waals surface area contributed by atoms with Crippen molar-refractivity contribution >= 4 is 29.1 Å². The number of rotatable bonds is 5. The molecule has 0 radical (unpaired) electrons. The quantitative estimate of drug-likeness (QED) is 0.591. The van der Waals surface area contributed by atoms with Gasteiger partial charge in [0.1, 0.15) is 11.6 Å². The molecule has 0 spiro atoms. The molecule has 3 rings (SSSR count). The maximum Gasteiger partial charge on any atom is 0.224 e. The van der Waals surface area contributed by atoms with Gasteiger partial charge in [0.25, 0.3) is 0 Å². The van der Waals surface area contributed by atoms with E-state index in [2.05, 4.69) is 40.9 Å². The second-order valence-electron chi connectivity index (χ2n) is 4.92. The fraction of sp³-hybridized carbons (Fsp3) is 0.133. The number of nitrogens with zero attached hydrogens (tertiary/aromatic N) is 8. The molecule has 0 saturated carbocycles. The second kappa shape index (κ2) is 7.22. The van der Waals surface area contributed by atoms with E-state index in [0.29, 0.717) is 23.1 Å². The van der Waals surface area contributed by atoms with Gasteiger partial charge < -0.3 is 16.4 Å². The Balaban J connectivity index is 2.11. The lowest BCUT2D eigenvalue weighted by molar-refractivity contribution is 0.839. The minimum Gasteiger partial charge on any atom is -0.371 e. The zero-order chi connectivity index (χ0) is 18.5. The van der Waals surface area contributed by atoms with E-state index in [9.17, 15) is 5.26 Å². The molecule has 0 bridgehead atoms. The average molecular weight is 349 g/mol. The van der Waals surface area contributed by atoms with Crippen molar-refractivity contribution in [3.63, 3.8) is 0 Å². The third kappa shape index (κ3) is 3.11. The van der Waals surface area contributed by atoms with Crippen LogP contribution < -0.4 is 16.4 Å². The van der Waals surface area contributed by atoms with E-state index >= 15 is 0 Å². The van der Waals surface area contributed by atoms with Crippen LogP contribution in [0.3, 0.4) is 0 Å². The first-order valence-electron chi connectivity index (χ1n) is 7.52. The summed E-state index contributed by atoms with van der Waals surface area (Å²) in [5.74, 6) is 1.64. The smallest absolute Gasteiger partial charge is 0.224 e. The Morgan fingerprint density at radius 2 is 1.88 bits per heavy atom. The van der Waals surface area contributed by atoms with Crippen LogP contribution >= 0.6 is 0 Å². The summed E-state index contributed by atoms with van der Waals surface area (Å²) in [4.78, 5) is 12.4. The SMILES string of the molecule is CNc1nc(N)nc(NC)c1/N=N/c1c(C#N)cnn1-c1ccccn1. The highest BCUT2D eigenvalue weighted by Crippen LogP contribution is 2.33. The molecule has 0 fully saturated rings. The standard InChI is InChI=1S/C15H15N11/c1-18-12-11(13(19-2)23-15(17)22-12)24-25-14-9(7-16)8-21-26(14)10-5-3-4-6-20-10/h3-6,8H,1-2H3,(H4,17,18,19,22,23)/b25-24+. The number of nitriles is 1. The largest absolute Gasteiger partial charge is 0.371 e. The van der Waals surface area contributed by atoms with Crippen LogP contribution in [-0.2, 0) is 0 Å². The van der Waals surface area contributed by atoms with Gasteiger partial charge in [0, 0.05) is 20.3 Å². The fourth-order valence-corrected chi connectivity index (χ4v) is 2.18. The van der Waals surface area contributed by atoms with Crippen LogP contribution in [0, 0.1) is 11.3 Å². The zero-order valence-electron chi connectivity index (χ0n) is 14.0. The van der Waals surface area contributed by atoms with Crippen molar-refractivity contribution in [3.05, 3.63) is 36.2 Å². The van der Waals surface area contributed by atoms with Crippen LogP contribution in [0.1, 0.15) is 5.56 Å². The molecule has 0 unspecified atom stereocenters. The first-order valence-corrected chi connectivity index (χ1v) is 7.52. The number of pyridine rings is 1. The molecule has 0 aromatic carbocycles. The van der Waals surface area contributed by atoms with E-state index in [1.165, 1.54) is 10.9 Å². The van der Waals surface area contributed by atoms with Crippen LogP contribution in [0.5, 0.6) is 0 Å². The van der Waals surface area contributed by atoms with E-state index in [1.54, 1.807) is 32.4 Å². The van der Waals surface area contributed by atoms with E-state index in [0.717, 1.165) is 0 Å².